The molecule has 0 bridgehead atoms. The molecule has 0 saturated carbocycles. The molecule has 1 aliphatic rings. The Bertz CT molecular complexity index is 856. The molecular formula is C16H19N3O4S. The van der Waals surface area contributed by atoms with Gasteiger partial charge in [0, 0.05) is 13.1 Å². The molecule has 1 aromatic heterocycles. The maximum absolute atomic E-state index is 13.1. The summed E-state index contributed by atoms with van der Waals surface area (Å²) in [6.45, 7) is 2.74. The predicted octanol–water partition coefficient (Wildman–Crippen LogP) is 2.13. The average molecular weight is 349 g/mol. The molecule has 0 aliphatic carbocycles. The minimum Gasteiger partial charge on any atom is -0.478 e. The van der Waals surface area contributed by atoms with E-state index in [1.54, 1.807) is 11.6 Å². The molecule has 7 nitrogen and oxygen atoms in total. The fourth-order valence-corrected chi connectivity index (χ4v) is 4.65. The van der Waals surface area contributed by atoms with Gasteiger partial charge in [0.1, 0.15) is 4.90 Å². The number of hydrogen-bond donors (Lipinski definition) is 1. The summed E-state index contributed by atoms with van der Waals surface area (Å²) in [5.74, 6) is -1.04. The van der Waals surface area contributed by atoms with Crippen molar-refractivity contribution in [3.63, 3.8) is 0 Å². The second-order valence-electron chi connectivity index (χ2n) is 5.66. The van der Waals surface area contributed by atoms with Gasteiger partial charge in [0.25, 0.3) is 10.0 Å². The third kappa shape index (κ3) is 2.77. The molecule has 0 fully saturated rings. The number of aromatic nitrogens is 2. The van der Waals surface area contributed by atoms with Gasteiger partial charge in [-0.05, 0) is 50.5 Å². The van der Waals surface area contributed by atoms with E-state index in [9.17, 15) is 13.2 Å². The number of anilines is 1. The number of carboxylic acids is 1. The first-order chi connectivity index (χ1) is 11.4. The molecule has 0 unspecified atom stereocenters. The molecule has 0 atom stereocenters. The van der Waals surface area contributed by atoms with Crippen LogP contribution in [0.2, 0.25) is 0 Å². The highest BCUT2D eigenvalue weighted by Crippen LogP contribution is 2.28. The highest BCUT2D eigenvalue weighted by Gasteiger charge is 2.30. The molecule has 1 N–H and O–H groups in total. The van der Waals surface area contributed by atoms with E-state index in [1.807, 2.05) is 0 Å². The fraction of sp³-hybridized carbons (Fsp3) is 0.375. The van der Waals surface area contributed by atoms with E-state index >= 15 is 0 Å². The van der Waals surface area contributed by atoms with Crippen LogP contribution in [0, 0.1) is 0 Å². The molecule has 1 aromatic carbocycles. The Morgan fingerprint density at radius 3 is 2.62 bits per heavy atom. The van der Waals surface area contributed by atoms with E-state index in [4.69, 9.17) is 5.11 Å². The van der Waals surface area contributed by atoms with E-state index in [0.29, 0.717) is 12.1 Å². The molecule has 24 heavy (non-hydrogen) atoms. The molecule has 0 saturated heterocycles. The summed E-state index contributed by atoms with van der Waals surface area (Å²) in [6.07, 6.45) is 4.07. The first-order valence-corrected chi connectivity index (χ1v) is 9.30. The lowest BCUT2D eigenvalue weighted by atomic mass is 10.1. The van der Waals surface area contributed by atoms with Crippen molar-refractivity contribution in [3.8, 4) is 0 Å². The second kappa shape index (κ2) is 6.27. The Morgan fingerprint density at radius 2 is 2.00 bits per heavy atom. The van der Waals surface area contributed by atoms with Crippen LogP contribution in [-0.2, 0) is 23.0 Å². The van der Waals surface area contributed by atoms with Gasteiger partial charge in [0.15, 0.2) is 0 Å². The Morgan fingerprint density at radius 1 is 1.29 bits per heavy atom. The van der Waals surface area contributed by atoms with Gasteiger partial charge in [-0.15, -0.1) is 0 Å². The summed E-state index contributed by atoms with van der Waals surface area (Å²) in [7, 11) is -3.73. The normalized spacial score (nSPS) is 14.2. The van der Waals surface area contributed by atoms with E-state index in [2.05, 4.69) is 5.10 Å². The maximum Gasteiger partial charge on any atom is 0.335 e. The number of rotatable bonds is 5. The number of carboxylic acid groups (broad SMARTS) is 1. The fourth-order valence-electron chi connectivity index (χ4n) is 2.99. The van der Waals surface area contributed by atoms with Crippen LogP contribution < -0.4 is 4.31 Å². The van der Waals surface area contributed by atoms with Gasteiger partial charge in [-0.25, -0.2) is 13.2 Å². The molecule has 3 rings (SSSR count). The predicted molar refractivity (Wildman–Crippen MR) is 88.8 cm³/mol. The smallest absolute Gasteiger partial charge is 0.335 e. The molecule has 2 heterocycles. The van der Waals surface area contributed by atoms with Crippen LogP contribution in [-0.4, -0.2) is 35.8 Å². The number of fused-ring (bicyclic) bond motifs is 1. The molecule has 0 radical (unpaired) electrons. The molecule has 8 heteroatoms. The van der Waals surface area contributed by atoms with Gasteiger partial charge in [-0.2, -0.15) is 5.10 Å². The number of hydrogen-bond acceptors (Lipinski definition) is 4. The van der Waals surface area contributed by atoms with Crippen molar-refractivity contribution >= 4 is 21.7 Å². The number of aromatic carboxylic acids is 1. The zero-order valence-corrected chi connectivity index (χ0v) is 14.2. The monoisotopic (exact) mass is 349 g/mol. The van der Waals surface area contributed by atoms with Crippen LogP contribution in [0.5, 0.6) is 0 Å². The van der Waals surface area contributed by atoms with Crippen LogP contribution in [0.4, 0.5) is 5.69 Å². The summed E-state index contributed by atoms with van der Waals surface area (Å²) in [4.78, 5) is 11.2. The summed E-state index contributed by atoms with van der Waals surface area (Å²) in [6, 6.07) is 5.84. The molecule has 0 spiro atoms. The van der Waals surface area contributed by atoms with E-state index in [1.165, 1.54) is 34.8 Å². The van der Waals surface area contributed by atoms with Crippen molar-refractivity contribution in [1.29, 1.82) is 0 Å². The summed E-state index contributed by atoms with van der Waals surface area (Å²) in [5.41, 5.74) is 1.32. The minimum absolute atomic E-state index is 0.120. The Labute approximate surface area is 140 Å². The summed E-state index contributed by atoms with van der Waals surface area (Å²) >= 11 is 0. The third-order valence-electron chi connectivity index (χ3n) is 4.20. The van der Waals surface area contributed by atoms with Crippen molar-refractivity contribution in [2.75, 3.05) is 10.8 Å². The number of aryl methyl sites for hydroxylation is 1. The maximum atomic E-state index is 13.1. The quantitative estimate of drug-likeness (QED) is 0.893. The van der Waals surface area contributed by atoms with E-state index in [0.717, 1.165) is 25.1 Å². The van der Waals surface area contributed by atoms with Crippen molar-refractivity contribution in [3.05, 3.63) is 41.7 Å². The minimum atomic E-state index is -3.73. The highest BCUT2D eigenvalue weighted by atomic mass is 32.2. The number of carbonyl (C=O) groups is 1. The summed E-state index contributed by atoms with van der Waals surface area (Å²) < 4.78 is 29.2. The molecule has 0 amide bonds. The molecular weight excluding hydrogens is 330 g/mol. The molecule has 128 valence electrons. The van der Waals surface area contributed by atoms with Gasteiger partial charge >= 0.3 is 5.97 Å². The SMILES string of the molecule is CCN(c1ccc(C(=O)O)cc1)S(=O)(=O)c1cnn2c1CCCC2. The lowest BCUT2D eigenvalue weighted by Gasteiger charge is -2.24. The van der Waals surface area contributed by atoms with Gasteiger partial charge in [0.05, 0.1) is 23.1 Å². The van der Waals surface area contributed by atoms with Crippen LogP contribution in [0.3, 0.4) is 0 Å². The lowest BCUT2D eigenvalue weighted by Crippen LogP contribution is -2.31. The van der Waals surface area contributed by atoms with Gasteiger partial charge in [-0.1, -0.05) is 0 Å². The van der Waals surface area contributed by atoms with Crippen LogP contribution in [0.25, 0.3) is 0 Å². The van der Waals surface area contributed by atoms with E-state index < -0.39 is 16.0 Å². The topological polar surface area (TPSA) is 92.5 Å². The molecule has 2 aromatic rings. The van der Waals surface area contributed by atoms with Crippen LogP contribution >= 0.6 is 0 Å². The number of sulfonamides is 1. The van der Waals surface area contributed by atoms with Crippen molar-refractivity contribution in [2.45, 2.75) is 37.6 Å². The Balaban J connectivity index is 2.00. The van der Waals surface area contributed by atoms with Gasteiger partial charge in [-0.3, -0.25) is 8.99 Å². The average Bonchev–Trinajstić information content (AvgIpc) is 3.00. The lowest BCUT2D eigenvalue weighted by molar-refractivity contribution is 0.0697. The summed E-state index contributed by atoms with van der Waals surface area (Å²) in [5, 5.41) is 13.2. The van der Waals surface area contributed by atoms with Crippen LogP contribution in [0.1, 0.15) is 35.8 Å². The Kier molecular flexibility index (Phi) is 4.31. The zero-order valence-electron chi connectivity index (χ0n) is 13.3. The standard InChI is InChI=1S/C16H19N3O4S/c1-2-19(13-8-6-12(7-9-13)16(20)21)24(22,23)15-11-17-18-10-4-3-5-14(15)18/h6-9,11H,2-5,10H2,1H3,(H,20,21). The third-order valence-corrected chi connectivity index (χ3v) is 6.15. The van der Waals surface area contributed by atoms with Crippen molar-refractivity contribution in [1.82, 2.24) is 9.78 Å². The van der Waals surface area contributed by atoms with Crippen molar-refractivity contribution < 1.29 is 18.3 Å². The second-order valence-corrected chi connectivity index (χ2v) is 7.49. The first-order valence-electron chi connectivity index (χ1n) is 7.86. The van der Waals surface area contributed by atoms with Gasteiger partial charge < -0.3 is 5.11 Å². The number of benzene rings is 1. The molecule has 1 aliphatic heterocycles. The number of nitrogens with zero attached hydrogens (tertiary/aromatic N) is 3. The largest absolute Gasteiger partial charge is 0.478 e. The van der Waals surface area contributed by atoms with Crippen molar-refractivity contribution in [2.24, 2.45) is 0 Å². The van der Waals surface area contributed by atoms with Crippen LogP contribution in [0.15, 0.2) is 35.4 Å². The van der Waals surface area contributed by atoms with Gasteiger partial charge in [0.2, 0.25) is 0 Å². The first kappa shape index (κ1) is 16.5. The Hall–Kier alpha value is -2.35. The zero-order chi connectivity index (χ0) is 17.3. The highest BCUT2D eigenvalue weighted by molar-refractivity contribution is 7.92. The van der Waals surface area contributed by atoms with E-state index in [-0.39, 0.29) is 17.0 Å².